The average molecular weight is 258 g/mol. The summed E-state index contributed by atoms with van der Waals surface area (Å²) in [6.45, 7) is 11.1. The zero-order chi connectivity index (χ0) is 14.2. The number of nitrogens with one attached hydrogen (secondary N) is 1. The average Bonchev–Trinajstić information content (AvgIpc) is 2.31. The summed E-state index contributed by atoms with van der Waals surface area (Å²) < 4.78 is 5.68. The van der Waals surface area contributed by atoms with Crippen LogP contribution in [0.25, 0.3) is 0 Å². The molecule has 3 nitrogen and oxygen atoms in total. The lowest BCUT2D eigenvalue weighted by atomic mass is 9.80. The highest BCUT2D eigenvalue weighted by Gasteiger charge is 2.32. The molecule has 0 aliphatic carbocycles. The highest BCUT2D eigenvalue weighted by molar-refractivity contribution is 4.86. The van der Waals surface area contributed by atoms with Gasteiger partial charge in [-0.05, 0) is 17.8 Å². The first-order valence-electron chi connectivity index (χ1n) is 7.39. The predicted molar refractivity (Wildman–Crippen MR) is 79.3 cm³/mol. The maximum absolute atomic E-state index is 5.75. The van der Waals surface area contributed by atoms with E-state index in [9.17, 15) is 0 Å². The highest BCUT2D eigenvalue weighted by Crippen LogP contribution is 2.29. The van der Waals surface area contributed by atoms with Gasteiger partial charge >= 0.3 is 0 Å². The Labute approximate surface area is 114 Å². The normalized spacial score (nSPS) is 17.5. The number of ether oxygens (including phenoxy) is 1. The Kier molecular flexibility index (Phi) is 8.83. The Bertz CT molecular complexity index is 201. The van der Waals surface area contributed by atoms with Gasteiger partial charge in [-0.15, -0.1) is 0 Å². The second-order valence-corrected chi connectivity index (χ2v) is 6.45. The van der Waals surface area contributed by atoms with E-state index in [4.69, 9.17) is 10.6 Å². The van der Waals surface area contributed by atoms with E-state index in [2.05, 4.69) is 40.0 Å². The summed E-state index contributed by atoms with van der Waals surface area (Å²) in [6.07, 6.45) is 6.35. The van der Waals surface area contributed by atoms with E-state index < -0.39 is 0 Å². The molecular formula is C15H34N2O. The van der Waals surface area contributed by atoms with Crippen LogP contribution in [-0.4, -0.2) is 19.3 Å². The quantitative estimate of drug-likeness (QED) is 0.491. The molecule has 0 aliphatic heterocycles. The molecule has 0 aromatic carbocycles. The van der Waals surface area contributed by atoms with E-state index in [0.29, 0.717) is 0 Å². The van der Waals surface area contributed by atoms with Crippen LogP contribution in [-0.2, 0) is 4.74 Å². The van der Waals surface area contributed by atoms with Crippen LogP contribution in [0.3, 0.4) is 0 Å². The van der Waals surface area contributed by atoms with Crippen LogP contribution in [0.5, 0.6) is 0 Å². The molecule has 0 saturated carbocycles. The molecule has 0 heterocycles. The molecular weight excluding hydrogens is 224 g/mol. The number of hydrogen-bond acceptors (Lipinski definition) is 3. The number of rotatable bonds is 9. The Hall–Kier alpha value is -0.120. The molecule has 0 aromatic rings. The second kappa shape index (κ2) is 8.89. The number of hydrazine groups is 1. The van der Waals surface area contributed by atoms with E-state index in [1.54, 1.807) is 7.11 Å². The summed E-state index contributed by atoms with van der Waals surface area (Å²) >= 11 is 0. The Balaban J connectivity index is 4.54. The molecule has 0 rings (SSSR count). The summed E-state index contributed by atoms with van der Waals surface area (Å²) in [5.74, 6) is 6.49. The van der Waals surface area contributed by atoms with E-state index in [1.165, 1.54) is 25.7 Å². The molecule has 3 atom stereocenters. The Morgan fingerprint density at radius 2 is 1.83 bits per heavy atom. The smallest absolute Gasteiger partial charge is 0.0785 e. The van der Waals surface area contributed by atoms with Crippen molar-refractivity contribution in [3.63, 3.8) is 0 Å². The van der Waals surface area contributed by atoms with Gasteiger partial charge in [0, 0.05) is 13.2 Å². The summed E-state index contributed by atoms with van der Waals surface area (Å²) in [5, 5.41) is 0. The highest BCUT2D eigenvalue weighted by atomic mass is 16.5. The van der Waals surface area contributed by atoms with Crippen LogP contribution >= 0.6 is 0 Å². The molecule has 0 aliphatic rings. The molecule has 0 spiro atoms. The van der Waals surface area contributed by atoms with Crippen molar-refractivity contribution in [1.29, 1.82) is 0 Å². The largest absolute Gasteiger partial charge is 0.379 e. The van der Waals surface area contributed by atoms with E-state index in [-0.39, 0.29) is 17.6 Å². The molecule has 110 valence electrons. The molecule has 0 radical (unpaired) electrons. The Morgan fingerprint density at radius 3 is 2.17 bits per heavy atom. The maximum atomic E-state index is 5.75. The standard InChI is InChI=1S/C15H34N2O/c1-7-9-10-12(8-2)11-13(17-16)14(18-6)15(3,4)5/h12-14,17H,7-11,16H2,1-6H3. The molecule has 18 heavy (non-hydrogen) atoms. The lowest BCUT2D eigenvalue weighted by molar-refractivity contribution is -0.0174. The van der Waals surface area contributed by atoms with Gasteiger partial charge in [0.1, 0.15) is 0 Å². The zero-order valence-electron chi connectivity index (χ0n) is 13.3. The molecule has 3 N–H and O–H groups in total. The van der Waals surface area contributed by atoms with Gasteiger partial charge in [0.15, 0.2) is 0 Å². The molecule has 0 amide bonds. The number of hydrogen-bond donors (Lipinski definition) is 2. The third-order valence-electron chi connectivity index (χ3n) is 3.82. The van der Waals surface area contributed by atoms with Gasteiger partial charge in [0.2, 0.25) is 0 Å². The summed E-state index contributed by atoms with van der Waals surface area (Å²) in [5.41, 5.74) is 3.08. The zero-order valence-corrected chi connectivity index (χ0v) is 13.3. The van der Waals surface area contributed by atoms with E-state index >= 15 is 0 Å². The fourth-order valence-electron chi connectivity index (χ4n) is 2.74. The minimum atomic E-state index is 0.106. The van der Waals surface area contributed by atoms with Crippen LogP contribution in [0, 0.1) is 11.3 Å². The maximum Gasteiger partial charge on any atom is 0.0785 e. The van der Waals surface area contributed by atoms with Crippen LogP contribution in [0.15, 0.2) is 0 Å². The minimum absolute atomic E-state index is 0.106. The summed E-state index contributed by atoms with van der Waals surface area (Å²) in [4.78, 5) is 0. The van der Waals surface area contributed by atoms with Crippen molar-refractivity contribution in [1.82, 2.24) is 5.43 Å². The van der Waals surface area contributed by atoms with Crippen LogP contribution in [0.1, 0.15) is 66.7 Å². The topological polar surface area (TPSA) is 47.3 Å². The van der Waals surface area contributed by atoms with Gasteiger partial charge in [-0.3, -0.25) is 11.3 Å². The first kappa shape index (κ1) is 17.9. The van der Waals surface area contributed by atoms with Gasteiger partial charge in [-0.25, -0.2) is 0 Å². The molecule has 0 bridgehead atoms. The summed E-state index contributed by atoms with van der Waals surface area (Å²) in [7, 11) is 1.78. The van der Waals surface area contributed by atoms with Crippen LogP contribution < -0.4 is 11.3 Å². The molecule has 0 fully saturated rings. The van der Waals surface area contributed by atoms with Crippen molar-refractivity contribution in [3.05, 3.63) is 0 Å². The van der Waals surface area contributed by atoms with Crippen molar-refractivity contribution in [2.75, 3.05) is 7.11 Å². The Morgan fingerprint density at radius 1 is 1.22 bits per heavy atom. The number of unbranched alkanes of at least 4 members (excludes halogenated alkanes) is 1. The van der Waals surface area contributed by atoms with Crippen LogP contribution in [0.2, 0.25) is 0 Å². The third kappa shape index (κ3) is 6.17. The number of nitrogens with two attached hydrogens (primary N) is 1. The van der Waals surface area contributed by atoms with Gasteiger partial charge in [-0.1, -0.05) is 60.3 Å². The lowest BCUT2D eigenvalue weighted by Gasteiger charge is -2.37. The number of methoxy groups -OCH3 is 1. The van der Waals surface area contributed by atoms with Crippen molar-refractivity contribution in [3.8, 4) is 0 Å². The fraction of sp³-hybridized carbons (Fsp3) is 1.00. The van der Waals surface area contributed by atoms with E-state index in [0.717, 1.165) is 12.3 Å². The molecule has 0 aromatic heterocycles. The van der Waals surface area contributed by atoms with Crippen molar-refractivity contribution in [2.45, 2.75) is 78.9 Å². The second-order valence-electron chi connectivity index (χ2n) is 6.45. The van der Waals surface area contributed by atoms with Crippen molar-refractivity contribution >= 4 is 0 Å². The fourth-order valence-corrected chi connectivity index (χ4v) is 2.74. The molecule has 3 unspecified atom stereocenters. The van der Waals surface area contributed by atoms with Crippen molar-refractivity contribution < 1.29 is 4.74 Å². The summed E-state index contributed by atoms with van der Waals surface area (Å²) in [6, 6.07) is 0.233. The lowest BCUT2D eigenvalue weighted by Crippen LogP contribution is -2.51. The van der Waals surface area contributed by atoms with Crippen molar-refractivity contribution in [2.24, 2.45) is 17.2 Å². The monoisotopic (exact) mass is 258 g/mol. The van der Waals surface area contributed by atoms with Gasteiger partial charge in [0.25, 0.3) is 0 Å². The first-order valence-corrected chi connectivity index (χ1v) is 7.39. The van der Waals surface area contributed by atoms with Gasteiger partial charge < -0.3 is 4.74 Å². The van der Waals surface area contributed by atoms with E-state index in [1.807, 2.05) is 0 Å². The van der Waals surface area contributed by atoms with Gasteiger partial charge in [-0.2, -0.15) is 0 Å². The molecule has 3 heteroatoms. The molecule has 0 saturated heterocycles. The minimum Gasteiger partial charge on any atom is -0.379 e. The third-order valence-corrected chi connectivity index (χ3v) is 3.82. The first-order chi connectivity index (χ1) is 8.40. The van der Waals surface area contributed by atoms with Crippen LogP contribution in [0.4, 0.5) is 0 Å². The predicted octanol–water partition coefficient (Wildman–Crippen LogP) is 3.49. The SMILES string of the molecule is CCCCC(CC)CC(NN)C(OC)C(C)(C)C. The van der Waals surface area contributed by atoms with Gasteiger partial charge in [0.05, 0.1) is 6.10 Å².